The zero-order valence-corrected chi connectivity index (χ0v) is 17.1. The first-order valence-corrected chi connectivity index (χ1v) is 10.3. The highest BCUT2D eigenvalue weighted by Gasteiger charge is 2.43. The van der Waals surface area contributed by atoms with Gasteiger partial charge in [-0.15, -0.1) is 0 Å². The van der Waals surface area contributed by atoms with Gasteiger partial charge < -0.3 is 16.0 Å². The number of nitrogens with one attached hydrogen (secondary N) is 1. The third-order valence-corrected chi connectivity index (χ3v) is 6.05. The second-order valence-electron chi connectivity index (χ2n) is 8.29. The highest BCUT2D eigenvalue weighted by atomic mass is 19.1. The number of piperidine rings is 1. The standard InChI is InChI=1S/C21H24FN7O2/c1-24-13-21(5-8-28(9-6-21)18(30)10-14-2-3-14)29-12-16(19(23)31)20(27-29)26-15-4-7-25-17(22)11-15/h1,4,7,11-12,14H,2-3,5-6,8-10,13H2,(H2-,23,25,26,27,31)/p+1. The van der Waals surface area contributed by atoms with Crippen molar-refractivity contribution in [1.82, 2.24) is 19.7 Å². The number of aromatic nitrogens is 3. The molecule has 2 aliphatic rings. The monoisotopic (exact) mass is 426 g/mol. The Labute approximate surface area is 179 Å². The summed E-state index contributed by atoms with van der Waals surface area (Å²) < 4.78 is 15.1. The second-order valence-corrected chi connectivity index (χ2v) is 8.29. The van der Waals surface area contributed by atoms with E-state index in [1.54, 1.807) is 16.9 Å². The number of carbonyl (C=O) groups excluding carboxylic acids is 2. The van der Waals surface area contributed by atoms with Crippen molar-refractivity contribution in [3.63, 3.8) is 0 Å². The predicted octanol–water partition coefficient (Wildman–Crippen LogP) is 2.34. The highest BCUT2D eigenvalue weighted by molar-refractivity contribution is 5.98. The molecule has 0 unspecified atom stereocenters. The Balaban J connectivity index is 1.57. The van der Waals surface area contributed by atoms with Gasteiger partial charge in [0.05, 0.1) is 0 Å². The van der Waals surface area contributed by atoms with E-state index in [1.165, 1.54) is 12.3 Å². The summed E-state index contributed by atoms with van der Waals surface area (Å²) in [7, 11) is 0. The summed E-state index contributed by atoms with van der Waals surface area (Å²) in [6.45, 7) is 6.94. The molecule has 0 spiro atoms. The molecule has 0 bridgehead atoms. The van der Waals surface area contributed by atoms with Gasteiger partial charge in [0.15, 0.2) is 5.82 Å². The van der Waals surface area contributed by atoms with E-state index in [2.05, 4.69) is 20.2 Å². The van der Waals surface area contributed by atoms with Gasteiger partial charge in [0.1, 0.15) is 11.1 Å². The van der Waals surface area contributed by atoms with E-state index < -0.39 is 17.4 Å². The lowest BCUT2D eigenvalue weighted by atomic mass is 9.87. The van der Waals surface area contributed by atoms with E-state index in [0.29, 0.717) is 44.0 Å². The SMILES string of the molecule is C#[N+]CC1(n2cc(C(N)=O)c(Nc3ccnc(F)c3)n2)CCN(C(=O)CC2CC2)CC1. The fraction of sp³-hybridized carbons (Fsp3) is 0.476. The normalized spacial score (nSPS) is 17.7. The van der Waals surface area contributed by atoms with Crippen molar-refractivity contribution < 1.29 is 14.0 Å². The molecule has 4 rings (SSSR count). The van der Waals surface area contributed by atoms with Crippen LogP contribution in [-0.4, -0.2) is 51.1 Å². The molecule has 1 saturated carbocycles. The minimum atomic E-state index is -0.667. The number of amides is 2. The molecule has 0 radical (unpaired) electrons. The first-order chi connectivity index (χ1) is 14.9. The quantitative estimate of drug-likeness (QED) is 0.661. The molecular weight excluding hydrogens is 401 g/mol. The van der Waals surface area contributed by atoms with E-state index in [0.717, 1.165) is 12.8 Å². The lowest BCUT2D eigenvalue weighted by Crippen LogP contribution is -2.49. The maximum Gasteiger partial charge on any atom is 0.288 e. The lowest BCUT2D eigenvalue weighted by molar-refractivity contribution is -0.133. The fourth-order valence-electron chi connectivity index (χ4n) is 4.01. The summed E-state index contributed by atoms with van der Waals surface area (Å²) in [4.78, 5) is 33.8. The van der Waals surface area contributed by atoms with Crippen molar-refractivity contribution in [2.45, 2.75) is 37.6 Å². The number of anilines is 2. The molecule has 9 nitrogen and oxygen atoms in total. The molecule has 2 amide bonds. The molecule has 2 aromatic heterocycles. The van der Waals surface area contributed by atoms with Crippen molar-refractivity contribution in [3.8, 4) is 6.57 Å². The molecule has 1 saturated heterocycles. The van der Waals surface area contributed by atoms with Gasteiger partial charge in [0, 0.05) is 43.7 Å². The number of nitrogens with two attached hydrogens (primary N) is 1. The van der Waals surface area contributed by atoms with E-state index in [-0.39, 0.29) is 23.8 Å². The first kappa shape index (κ1) is 20.8. The molecular formula is C21H25FN7O2+. The molecule has 2 fully saturated rings. The number of nitrogens with zero attached hydrogens (tertiary/aromatic N) is 5. The molecule has 0 atom stereocenters. The highest BCUT2D eigenvalue weighted by Crippen LogP contribution is 2.36. The van der Waals surface area contributed by atoms with Gasteiger partial charge in [-0.05, 0) is 37.7 Å². The Bertz CT molecular complexity index is 1030. The number of pyridine rings is 1. The third-order valence-electron chi connectivity index (χ3n) is 6.05. The van der Waals surface area contributed by atoms with Crippen molar-refractivity contribution in [3.05, 3.63) is 40.9 Å². The molecule has 10 heteroatoms. The van der Waals surface area contributed by atoms with Crippen LogP contribution in [0.25, 0.3) is 4.85 Å². The fourth-order valence-corrected chi connectivity index (χ4v) is 4.01. The number of rotatable bonds is 7. The Kier molecular flexibility index (Phi) is 5.59. The van der Waals surface area contributed by atoms with Crippen LogP contribution in [0, 0.1) is 18.4 Å². The van der Waals surface area contributed by atoms with Crippen LogP contribution in [0.3, 0.4) is 0 Å². The van der Waals surface area contributed by atoms with Crippen molar-refractivity contribution in [2.24, 2.45) is 11.7 Å². The van der Waals surface area contributed by atoms with Gasteiger partial charge in [-0.2, -0.15) is 9.49 Å². The Morgan fingerprint density at radius 1 is 1.35 bits per heavy atom. The smallest absolute Gasteiger partial charge is 0.288 e. The second kappa shape index (κ2) is 8.34. The van der Waals surface area contributed by atoms with Crippen LogP contribution in [0.2, 0.25) is 0 Å². The zero-order valence-electron chi connectivity index (χ0n) is 17.1. The van der Waals surface area contributed by atoms with E-state index in [4.69, 9.17) is 12.3 Å². The summed E-state index contributed by atoms with van der Waals surface area (Å²) in [5, 5.41) is 7.47. The van der Waals surface area contributed by atoms with Gasteiger partial charge in [-0.3, -0.25) is 14.3 Å². The van der Waals surface area contributed by atoms with Crippen LogP contribution in [0.4, 0.5) is 15.9 Å². The average Bonchev–Trinajstić information content (AvgIpc) is 3.44. The number of likely N-dealkylation sites (tertiary alicyclic amines) is 1. The Hall–Kier alpha value is -3.48. The van der Waals surface area contributed by atoms with Crippen molar-refractivity contribution >= 4 is 23.3 Å². The number of halogens is 1. The van der Waals surface area contributed by atoms with Crippen LogP contribution in [0.15, 0.2) is 24.5 Å². The molecule has 1 aliphatic carbocycles. The minimum absolute atomic E-state index is 0.167. The molecule has 31 heavy (non-hydrogen) atoms. The summed E-state index contributed by atoms with van der Waals surface area (Å²) in [5.74, 6) is -0.399. The van der Waals surface area contributed by atoms with Crippen LogP contribution >= 0.6 is 0 Å². The summed E-state index contributed by atoms with van der Waals surface area (Å²) in [6.07, 6.45) is 6.93. The third kappa shape index (κ3) is 4.50. The maximum absolute atomic E-state index is 13.4. The maximum atomic E-state index is 13.4. The topological polar surface area (TPSA) is 110 Å². The van der Waals surface area contributed by atoms with Gasteiger partial charge in [0.2, 0.25) is 11.9 Å². The van der Waals surface area contributed by atoms with Gasteiger partial charge in [-0.25, -0.2) is 4.98 Å². The Morgan fingerprint density at radius 3 is 2.71 bits per heavy atom. The molecule has 1 aliphatic heterocycles. The zero-order chi connectivity index (χ0) is 22.0. The van der Waals surface area contributed by atoms with E-state index in [1.807, 2.05) is 4.90 Å². The number of carbonyl (C=O) groups is 2. The predicted molar refractivity (Wildman–Crippen MR) is 113 cm³/mol. The summed E-state index contributed by atoms with van der Waals surface area (Å²) in [6, 6.07) is 2.75. The molecule has 0 aromatic carbocycles. The van der Waals surface area contributed by atoms with Crippen molar-refractivity contribution in [2.75, 3.05) is 25.0 Å². The van der Waals surface area contributed by atoms with Gasteiger partial charge in [0.25, 0.3) is 19.0 Å². The van der Waals surface area contributed by atoms with E-state index in [9.17, 15) is 14.0 Å². The molecule has 162 valence electrons. The van der Waals surface area contributed by atoms with Gasteiger partial charge in [-0.1, -0.05) is 4.85 Å². The number of hydrogen-bond donors (Lipinski definition) is 2. The first-order valence-electron chi connectivity index (χ1n) is 10.3. The van der Waals surface area contributed by atoms with Crippen molar-refractivity contribution in [1.29, 1.82) is 0 Å². The van der Waals surface area contributed by atoms with Crippen LogP contribution in [-0.2, 0) is 10.3 Å². The lowest BCUT2D eigenvalue weighted by Gasteiger charge is -2.38. The minimum Gasteiger partial charge on any atom is -0.365 e. The number of primary amides is 1. The van der Waals surface area contributed by atoms with Crippen LogP contribution in [0.5, 0.6) is 0 Å². The molecule has 2 aromatic rings. The van der Waals surface area contributed by atoms with E-state index >= 15 is 0 Å². The Morgan fingerprint density at radius 2 is 2.10 bits per heavy atom. The molecule has 3 heterocycles. The van der Waals surface area contributed by atoms with Gasteiger partial charge >= 0.3 is 0 Å². The number of hydrogen-bond acceptors (Lipinski definition) is 5. The average molecular weight is 426 g/mol. The summed E-state index contributed by atoms with van der Waals surface area (Å²) >= 11 is 0. The van der Waals surface area contributed by atoms with Crippen LogP contribution < -0.4 is 11.1 Å². The van der Waals surface area contributed by atoms with Crippen LogP contribution in [0.1, 0.15) is 42.5 Å². The molecule has 3 N–H and O–H groups in total. The summed E-state index contributed by atoms with van der Waals surface area (Å²) in [5.41, 5.74) is 5.52. The largest absolute Gasteiger partial charge is 0.365 e.